The van der Waals surface area contributed by atoms with E-state index in [1.165, 1.54) is 5.56 Å². The molecule has 1 N–H and O–H groups in total. The molecular weight excluding hydrogens is 176 g/mol. The van der Waals surface area contributed by atoms with Gasteiger partial charge >= 0.3 is 0 Å². The van der Waals surface area contributed by atoms with Crippen molar-refractivity contribution in [2.24, 2.45) is 11.8 Å². The number of ether oxygens (including phenoxy) is 1. The van der Waals surface area contributed by atoms with E-state index >= 15 is 0 Å². The van der Waals surface area contributed by atoms with E-state index in [1.54, 1.807) is 0 Å². The minimum atomic E-state index is -0.190. The molecule has 1 aliphatic carbocycles. The Hall–Kier alpha value is -0.860. The first kappa shape index (κ1) is 8.45. The standard InChI is InChI=1S/C12H14O2/c13-12-10-7-14-6-9(10)11(12)8-4-2-1-3-5-8/h1-5,9-13H,6-7H2/t9-,10+,11?,12?/m1/s1. The number of aliphatic hydroxyl groups is 1. The predicted molar refractivity (Wildman–Crippen MR) is 53.0 cm³/mol. The first-order valence-electron chi connectivity index (χ1n) is 5.18. The summed E-state index contributed by atoms with van der Waals surface area (Å²) in [5.41, 5.74) is 1.26. The highest BCUT2D eigenvalue weighted by Gasteiger charge is 2.53. The largest absolute Gasteiger partial charge is 0.392 e. The van der Waals surface area contributed by atoms with Crippen molar-refractivity contribution in [1.29, 1.82) is 0 Å². The molecule has 2 nitrogen and oxygen atoms in total. The highest BCUT2D eigenvalue weighted by atomic mass is 16.5. The average molecular weight is 190 g/mol. The number of hydrogen-bond acceptors (Lipinski definition) is 2. The van der Waals surface area contributed by atoms with Crippen LogP contribution in [0, 0.1) is 11.8 Å². The lowest BCUT2D eigenvalue weighted by atomic mass is 9.61. The van der Waals surface area contributed by atoms with E-state index in [-0.39, 0.29) is 6.10 Å². The molecule has 0 spiro atoms. The van der Waals surface area contributed by atoms with Crippen molar-refractivity contribution in [3.63, 3.8) is 0 Å². The Balaban J connectivity index is 1.87. The molecule has 2 unspecified atom stereocenters. The van der Waals surface area contributed by atoms with Gasteiger partial charge in [-0.15, -0.1) is 0 Å². The lowest BCUT2D eigenvalue weighted by Crippen LogP contribution is -2.48. The maximum absolute atomic E-state index is 9.95. The molecule has 74 valence electrons. The second kappa shape index (κ2) is 3.07. The lowest BCUT2D eigenvalue weighted by Gasteiger charge is -2.44. The van der Waals surface area contributed by atoms with Gasteiger partial charge in [0.15, 0.2) is 0 Å². The first-order valence-corrected chi connectivity index (χ1v) is 5.18. The molecule has 1 aromatic carbocycles. The predicted octanol–water partition coefficient (Wildman–Crippen LogP) is 1.41. The van der Waals surface area contributed by atoms with Crippen LogP contribution in [0.1, 0.15) is 11.5 Å². The molecule has 2 heteroatoms. The van der Waals surface area contributed by atoms with Crippen LogP contribution in [0.4, 0.5) is 0 Å². The molecular formula is C12H14O2. The summed E-state index contributed by atoms with van der Waals surface area (Å²) in [6.45, 7) is 1.57. The molecule has 1 saturated heterocycles. The van der Waals surface area contributed by atoms with Crippen molar-refractivity contribution in [2.45, 2.75) is 12.0 Å². The Bertz CT molecular complexity index is 322. The van der Waals surface area contributed by atoms with Gasteiger partial charge in [-0.25, -0.2) is 0 Å². The third-order valence-corrected chi connectivity index (χ3v) is 3.62. The zero-order valence-electron chi connectivity index (χ0n) is 7.97. The fraction of sp³-hybridized carbons (Fsp3) is 0.500. The molecule has 0 bridgehead atoms. The zero-order chi connectivity index (χ0) is 9.54. The molecule has 0 radical (unpaired) electrons. The van der Waals surface area contributed by atoms with E-state index in [1.807, 2.05) is 18.2 Å². The monoisotopic (exact) mass is 190 g/mol. The topological polar surface area (TPSA) is 29.5 Å². The molecule has 1 aliphatic heterocycles. The van der Waals surface area contributed by atoms with Gasteiger partial charge in [0.25, 0.3) is 0 Å². The summed E-state index contributed by atoms with van der Waals surface area (Å²) in [6.07, 6.45) is -0.190. The maximum Gasteiger partial charge on any atom is 0.0666 e. The Labute approximate surface area is 83.5 Å². The fourth-order valence-corrected chi connectivity index (χ4v) is 2.80. The zero-order valence-corrected chi connectivity index (χ0v) is 7.97. The van der Waals surface area contributed by atoms with Gasteiger partial charge in [-0.05, 0) is 11.5 Å². The van der Waals surface area contributed by atoms with Crippen LogP contribution in [0.3, 0.4) is 0 Å². The van der Waals surface area contributed by atoms with Crippen LogP contribution >= 0.6 is 0 Å². The summed E-state index contributed by atoms with van der Waals surface area (Å²) in [4.78, 5) is 0. The third-order valence-electron chi connectivity index (χ3n) is 3.62. The van der Waals surface area contributed by atoms with Crippen LogP contribution < -0.4 is 0 Å². The van der Waals surface area contributed by atoms with Crippen molar-refractivity contribution in [1.82, 2.24) is 0 Å². The van der Waals surface area contributed by atoms with Gasteiger partial charge in [0, 0.05) is 11.8 Å². The summed E-state index contributed by atoms with van der Waals surface area (Å²) >= 11 is 0. The van der Waals surface area contributed by atoms with Gasteiger partial charge in [-0.1, -0.05) is 30.3 Å². The van der Waals surface area contributed by atoms with Crippen molar-refractivity contribution in [3.8, 4) is 0 Å². The number of aliphatic hydroxyl groups excluding tert-OH is 1. The minimum Gasteiger partial charge on any atom is -0.392 e. The molecule has 4 atom stereocenters. The molecule has 1 heterocycles. The number of hydrogen-bond donors (Lipinski definition) is 1. The SMILES string of the molecule is OC1C(c2ccccc2)[C@@H]2COC[C@H]12. The van der Waals surface area contributed by atoms with Crippen LogP contribution in [-0.2, 0) is 4.74 Å². The Morgan fingerprint density at radius 1 is 1.07 bits per heavy atom. The molecule has 3 rings (SSSR count). The quantitative estimate of drug-likeness (QED) is 0.725. The summed E-state index contributed by atoms with van der Waals surface area (Å²) in [7, 11) is 0. The fourth-order valence-electron chi connectivity index (χ4n) is 2.80. The number of rotatable bonds is 1. The highest BCUT2D eigenvalue weighted by Crippen LogP contribution is 2.50. The smallest absolute Gasteiger partial charge is 0.0666 e. The second-order valence-corrected chi connectivity index (χ2v) is 4.29. The molecule has 1 saturated carbocycles. The number of fused-ring (bicyclic) bond motifs is 1. The van der Waals surface area contributed by atoms with Gasteiger partial charge < -0.3 is 9.84 Å². The molecule has 2 aliphatic rings. The molecule has 2 fully saturated rings. The van der Waals surface area contributed by atoms with Crippen molar-refractivity contribution < 1.29 is 9.84 Å². The van der Waals surface area contributed by atoms with Crippen LogP contribution in [0.5, 0.6) is 0 Å². The molecule has 14 heavy (non-hydrogen) atoms. The summed E-state index contributed by atoms with van der Waals surface area (Å²) in [5.74, 6) is 1.25. The minimum absolute atomic E-state index is 0.190. The van der Waals surface area contributed by atoms with Gasteiger partial charge in [0.1, 0.15) is 0 Å². The Morgan fingerprint density at radius 2 is 1.79 bits per heavy atom. The van der Waals surface area contributed by atoms with E-state index in [9.17, 15) is 5.11 Å². The van der Waals surface area contributed by atoms with Crippen molar-refractivity contribution >= 4 is 0 Å². The highest BCUT2D eigenvalue weighted by molar-refractivity contribution is 5.27. The van der Waals surface area contributed by atoms with Gasteiger partial charge in [0.2, 0.25) is 0 Å². The van der Waals surface area contributed by atoms with Crippen LogP contribution in [0.25, 0.3) is 0 Å². The number of benzene rings is 1. The van der Waals surface area contributed by atoms with E-state index in [4.69, 9.17) is 4.74 Å². The van der Waals surface area contributed by atoms with Gasteiger partial charge in [-0.3, -0.25) is 0 Å². The third kappa shape index (κ3) is 1.04. The van der Waals surface area contributed by atoms with Crippen LogP contribution in [-0.4, -0.2) is 24.4 Å². The van der Waals surface area contributed by atoms with Crippen molar-refractivity contribution in [3.05, 3.63) is 35.9 Å². The van der Waals surface area contributed by atoms with E-state index < -0.39 is 0 Å². The Kier molecular flexibility index (Phi) is 1.85. The molecule has 1 aromatic rings. The Morgan fingerprint density at radius 3 is 2.57 bits per heavy atom. The lowest BCUT2D eigenvalue weighted by molar-refractivity contribution is -0.0337. The summed E-state index contributed by atoms with van der Waals surface area (Å²) in [6, 6.07) is 10.3. The van der Waals surface area contributed by atoms with E-state index in [0.717, 1.165) is 13.2 Å². The molecule has 0 amide bonds. The van der Waals surface area contributed by atoms with E-state index in [2.05, 4.69) is 12.1 Å². The van der Waals surface area contributed by atoms with Crippen LogP contribution in [0.2, 0.25) is 0 Å². The van der Waals surface area contributed by atoms with Crippen LogP contribution in [0.15, 0.2) is 30.3 Å². The second-order valence-electron chi connectivity index (χ2n) is 4.29. The molecule has 0 aromatic heterocycles. The summed E-state index contributed by atoms with van der Waals surface area (Å²) < 4.78 is 5.39. The van der Waals surface area contributed by atoms with Gasteiger partial charge in [0.05, 0.1) is 19.3 Å². The summed E-state index contributed by atoms with van der Waals surface area (Å²) in [5, 5.41) is 9.95. The normalized spacial score (nSPS) is 40.4. The van der Waals surface area contributed by atoms with E-state index in [0.29, 0.717) is 17.8 Å². The van der Waals surface area contributed by atoms with Crippen molar-refractivity contribution in [2.75, 3.05) is 13.2 Å². The van der Waals surface area contributed by atoms with Gasteiger partial charge in [-0.2, -0.15) is 0 Å². The average Bonchev–Trinajstić information content (AvgIpc) is 2.63. The maximum atomic E-state index is 9.95. The first-order chi connectivity index (χ1) is 6.88.